The van der Waals surface area contributed by atoms with Crippen LogP contribution < -0.4 is 10.6 Å². The fraction of sp³-hybridized carbons (Fsp3) is 0.562. The molecule has 0 saturated heterocycles. The van der Waals surface area contributed by atoms with E-state index in [2.05, 4.69) is 24.5 Å². The van der Waals surface area contributed by atoms with Crippen LogP contribution in [0.25, 0.3) is 0 Å². The Morgan fingerprint density at radius 3 is 3.05 bits per heavy atom. The van der Waals surface area contributed by atoms with Crippen molar-refractivity contribution in [3.05, 3.63) is 29.3 Å². The maximum absolute atomic E-state index is 12.0. The first kappa shape index (κ1) is 14.9. The van der Waals surface area contributed by atoms with Gasteiger partial charge < -0.3 is 15.4 Å². The molecular weight excluding hydrogens is 252 g/mol. The summed E-state index contributed by atoms with van der Waals surface area (Å²) in [7, 11) is 0. The minimum absolute atomic E-state index is 0.0334. The molecule has 0 fully saturated rings. The van der Waals surface area contributed by atoms with E-state index in [9.17, 15) is 4.79 Å². The van der Waals surface area contributed by atoms with Gasteiger partial charge >= 0.3 is 0 Å². The second-order valence-corrected chi connectivity index (χ2v) is 5.60. The largest absolute Gasteiger partial charge is 0.384 e. The standard InChI is InChI=1S/C16H24N2O2/c1-12(2)6-9-20-10-8-18-16(19)14-4-3-13-5-7-17-15(13)11-14/h3-4,11-12,17H,5-10H2,1-2H3,(H,18,19). The van der Waals surface area contributed by atoms with E-state index in [1.807, 2.05) is 18.2 Å². The van der Waals surface area contributed by atoms with Crippen LogP contribution in [0, 0.1) is 5.92 Å². The molecule has 1 aromatic carbocycles. The molecule has 20 heavy (non-hydrogen) atoms. The van der Waals surface area contributed by atoms with Crippen molar-refractivity contribution < 1.29 is 9.53 Å². The average Bonchev–Trinajstić information content (AvgIpc) is 2.89. The van der Waals surface area contributed by atoms with Gasteiger partial charge in [-0.1, -0.05) is 19.9 Å². The molecule has 0 unspecified atom stereocenters. The van der Waals surface area contributed by atoms with Crippen LogP contribution in [-0.4, -0.2) is 32.2 Å². The molecule has 0 spiro atoms. The molecule has 0 atom stereocenters. The van der Waals surface area contributed by atoms with E-state index >= 15 is 0 Å². The number of anilines is 1. The highest BCUT2D eigenvalue weighted by molar-refractivity contribution is 5.95. The van der Waals surface area contributed by atoms with Gasteiger partial charge in [-0.05, 0) is 36.5 Å². The molecule has 0 bridgehead atoms. The number of hydrogen-bond donors (Lipinski definition) is 2. The van der Waals surface area contributed by atoms with Crippen molar-refractivity contribution in [3.63, 3.8) is 0 Å². The highest BCUT2D eigenvalue weighted by Gasteiger charge is 2.12. The summed E-state index contributed by atoms with van der Waals surface area (Å²) in [6.07, 6.45) is 2.10. The van der Waals surface area contributed by atoms with E-state index < -0.39 is 0 Å². The number of carbonyl (C=O) groups excluding carboxylic acids is 1. The molecule has 0 aliphatic carbocycles. The first-order valence-electron chi connectivity index (χ1n) is 7.39. The van der Waals surface area contributed by atoms with Crippen molar-refractivity contribution >= 4 is 11.6 Å². The van der Waals surface area contributed by atoms with Gasteiger partial charge in [0.15, 0.2) is 0 Å². The fourth-order valence-corrected chi connectivity index (χ4v) is 2.19. The molecule has 1 aromatic rings. The predicted molar refractivity (Wildman–Crippen MR) is 81.2 cm³/mol. The molecule has 0 aromatic heterocycles. The summed E-state index contributed by atoms with van der Waals surface area (Å²) < 4.78 is 5.48. The molecular formula is C16H24N2O2. The summed E-state index contributed by atoms with van der Waals surface area (Å²) in [5, 5.41) is 6.17. The predicted octanol–water partition coefficient (Wildman–Crippen LogP) is 2.45. The zero-order chi connectivity index (χ0) is 14.4. The molecule has 4 nitrogen and oxygen atoms in total. The minimum atomic E-state index is -0.0334. The van der Waals surface area contributed by atoms with E-state index in [1.54, 1.807) is 0 Å². The van der Waals surface area contributed by atoms with Crippen molar-refractivity contribution in [2.75, 3.05) is 31.6 Å². The number of benzene rings is 1. The van der Waals surface area contributed by atoms with Gasteiger partial charge in [-0.25, -0.2) is 0 Å². The monoisotopic (exact) mass is 276 g/mol. The third kappa shape index (κ3) is 4.23. The average molecular weight is 276 g/mol. The lowest BCUT2D eigenvalue weighted by atomic mass is 10.1. The maximum atomic E-state index is 12.0. The first-order valence-corrected chi connectivity index (χ1v) is 7.39. The molecule has 1 heterocycles. The van der Waals surface area contributed by atoms with Crippen molar-refractivity contribution in [1.82, 2.24) is 5.32 Å². The number of nitrogens with one attached hydrogen (secondary N) is 2. The molecule has 4 heteroatoms. The van der Waals surface area contributed by atoms with Gasteiger partial charge in [0.2, 0.25) is 0 Å². The lowest BCUT2D eigenvalue weighted by Gasteiger charge is -2.08. The molecule has 1 aliphatic heterocycles. The zero-order valence-corrected chi connectivity index (χ0v) is 12.4. The molecule has 2 rings (SSSR count). The highest BCUT2D eigenvalue weighted by Crippen LogP contribution is 2.22. The molecule has 2 N–H and O–H groups in total. The summed E-state index contributed by atoms with van der Waals surface area (Å²) in [6.45, 7) is 7.20. The number of ether oxygens (including phenoxy) is 1. The Morgan fingerprint density at radius 1 is 1.40 bits per heavy atom. The van der Waals surface area contributed by atoms with Crippen molar-refractivity contribution in [2.24, 2.45) is 5.92 Å². The van der Waals surface area contributed by atoms with Gasteiger partial charge in [-0.3, -0.25) is 4.79 Å². The molecule has 1 amide bonds. The quantitative estimate of drug-likeness (QED) is 0.752. The second-order valence-electron chi connectivity index (χ2n) is 5.60. The highest BCUT2D eigenvalue weighted by atomic mass is 16.5. The summed E-state index contributed by atoms with van der Waals surface area (Å²) >= 11 is 0. The normalized spacial score (nSPS) is 13.2. The number of fused-ring (bicyclic) bond motifs is 1. The van der Waals surface area contributed by atoms with Crippen LogP contribution in [-0.2, 0) is 11.2 Å². The van der Waals surface area contributed by atoms with E-state index in [0.717, 1.165) is 31.7 Å². The minimum Gasteiger partial charge on any atom is -0.384 e. The van der Waals surface area contributed by atoms with E-state index in [-0.39, 0.29) is 5.91 Å². The number of carbonyl (C=O) groups is 1. The van der Waals surface area contributed by atoms with Crippen molar-refractivity contribution in [2.45, 2.75) is 26.7 Å². The van der Waals surface area contributed by atoms with Gasteiger partial charge in [0.1, 0.15) is 0 Å². The maximum Gasteiger partial charge on any atom is 0.251 e. The van der Waals surface area contributed by atoms with Gasteiger partial charge in [0.25, 0.3) is 5.91 Å². The van der Waals surface area contributed by atoms with Crippen LogP contribution in [0.1, 0.15) is 36.2 Å². The van der Waals surface area contributed by atoms with Crippen LogP contribution in [0.5, 0.6) is 0 Å². The SMILES string of the molecule is CC(C)CCOCCNC(=O)c1ccc2c(c1)NCC2. The summed E-state index contributed by atoms with van der Waals surface area (Å²) in [5.74, 6) is 0.623. The Morgan fingerprint density at radius 2 is 2.25 bits per heavy atom. The Labute approximate surface area is 120 Å². The Kier molecular flexibility index (Phi) is 5.41. The topological polar surface area (TPSA) is 50.4 Å². The third-order valence-electron chi connectivity index (χ3n) is 3.45. The van der Waals surface area contributed by atoms with Crippen LogP contribution >= 0.6 is 0 Å². The van der Waals surface area contributed by atoms with E-state index in [1.165, 1.54) is 5.56 Å². The Bertz CT molecular complexity index is 458. The number of rotatable bonds is 7. The van der Waals surface area contributed by atoms with Crippen LogP contribution in [0.4, 0.5) is 5.69 Å². The molecule has 110 valence electrons. The van der Waals surface area contributed by atoms with Crippen LogP contribution in [0.3, 0.4) is 0 Å². The van der Waals surface area contributed by atoms with Crippen LogP contribution in [0.15, 0.2) is 18.2 Å². The molecule has 1 aliphatic rings. The fourth-order valence-electron chi connectivity index (χ4n) is 2.19. The summed E-state index contributed by atoms with van der Waals surface area (Å²) in [6, 6.07) is 5.85. The summed E-state index contributed by atoms with van der Waals surface area (Å²) in [5.41, 5.74) is 3.09. The smallest absolute Gasteiger partial charge is 0.251 e. The molecule has 0 radical (unpaired) electrons. The van der Waals surface area contributed by atoms with E-state index in [4.69, 9.17) is 4.74 Å². The molecule has 0 saturated carbocycles. The van der Waals surface area contributed by atoms with Gasteiger partial charge in [-0.15, -0.1) is 0 Å². The third-order valence-corrected chi connectivity index (χ3v) is 3.45. The first-order chi connectivity index (χ1) is 9.66. The van der Waals surface area contributed by atoms with Gasteiger partial charge in [0.05, 0.1) is 6.61 Å². The van der Waals surface area contributed by atoms with Crippen molar-refractivity contribution in [1.29, 1.82) is 0 Å². The van der Waals surface area contributed by atoms with Crippen LogP contribution in [0.2, 0.25) is 0 Å². The Hall–Kier alpha value is -1.55. The van der Waals surface area contributed by atoms with Crippen molar-refractivity contribution in [3.8, 4) is 0 Å². The number of amides is 1. The zero-order valence-electron chi connectivity index (χ0n) is 12.4. The number of hydrogen-bond acceptors (Lipinski definition) is 3. The lowest BCUT2D eigenvalue weighted by molar-refractivity contribution is 0.0906. The van der Waals surface area contributed by atoms with Gasteiger partial charge in [0, 0.05) is 30.9 Å². The second kappa shape index (κ2) is 7.29. The summed E-state index contributed by atoms with van der Waals surface area (Å²) in [4.78, 5) is 12.0. The van der Waals surface area contributed by atoms with Gasteiger partial charge in [-0.2, -0.15) is 0 Å². The van der Waals surface area contributed by atoms with E-state index in [0.29, 0.717) is 24.6 Å². The Balaban J connectivity index is 1.70. The lowest BCUT2D eigenvalue weighted by Crippen LogP contribution is -2.27.